The molecule has 6 nitrogen and oxygen atoms in total. The molecule has 1 atom stereocenters. The molecule has 1 amide bonds. The van der Waals surface area contributed by atoms with Crippen LogP contribution >= 0.6 is 11.8 Å². The van der Waals surface area contributed by atoms with Gasteiger partial charge in [0.1, 0.15) is 5.82 Å². The Bertz CT molecular complexity index is 499. The molecule has 0 aromatic carbocycles. The van der Waals surface area contributed by atoms with Gasteiger partial charge in [-0.3, -0.25) is 4.79 Å². The third-order valence-corrected chi connectivity index (χ3v) is 5.06. The van der Waals surface area contributed by atoms with Crippen LogP contribution in [0.5, 0.6) is 0 Å². The Morgan fingerprint density at radius 3 is 2.83 bits per heavy atom. The topological polar surface area (TPSA) is 85.8 Å². The minimum atomic E-state index is -0.384. The number of nitrogens with zero attached hydrogens (tertiary/aromatic N) is 3. The summed E-state index contributed by atoms with van der Waals surface area (Å²) in [5.74, 6) is 1.00. The summed E-state index contributed by atoms with van der Waals surface area (Å²) < 4.78 is 2.32. The normalized spacial score (nSPS) is 16.7. The van der Waals surface area contributed by atoms with Crippen LogP contribution < -0.4 is 11.1 Å². The molecule has 23 heavy (non-hydrogen) atoms. The zero-order valence-electron chi connectivity index (χ0n) is 14.3. The fourth-order valence-electron chi connectivity index (χ4n) is 3.18. The van der Waals surface area contributed by atoms with Gasteiger partial charge in [0, 0.05) is 19.0 Å². The monoisotopic (exact) mass is 339 g/mol. The summed E-state index contributed by atoms with van der Waals surface area (Å²) in [6.07, 6.45) is 10.5. The summed E-state index contributed by atoms with van der Waals surface area (Å²) in [7, 11) is 0. The molecule has 0 spiro atoms. The van der Waals surface area contributed by atoms with Gasteiger partial charge in [0.15, 0.2) is 5.16 Å². The van der Waals surface area contributed by atoms with E-state index in [1.54, 1.807) is 11.8 Å². The first-order valence-corrected chi connectivity index (χ1v) is 9.90. The highest BCUT2D eigenvalue weighted by Gasteiger charge is 2.23. The maximum atomic E-state index is 11.8. The number of amides is 1. The van der Waals surface area contributed by atoms with E-state index in [1.165, 1.54) is 25.7 Å². The smallest absolute Gasteiger partial charge is 0.236 e. The fourth-order valence-corrected chi connectivity index (χ4v) is 3.75. The number of hydrogen-bond donors (Lipinski definition) is 2. The second-order valence-corrected chi connectivity index (χ2v) is 6.97. The molecule has 0 bridgehead atoms. The molecule has 7 heteroatoms. The van der Waals surface area contributed by atoms with Crippen molar-refractivity contribution in [3.8, 4) is 0 Å². The number of nitrogens with one attached hydrogen (secondary N) is 1. The second-order valence-electron chi connectivity index (χ2n) is 6.20. The van der Waals surface area contributed by atoms with Crippen LogP contribution in [-0.2, 0) is 11.2 Å². The number of carbonyl (C=O) groups excluding carboxylic acids is 1. The molecule has 0 radical (unpaired) electrons. The summed E-state index contributed by atoms with van der Waals surface area (Å²) in [6.45, 7) is 2.68. The van der Waals surface area contributed by atoms with Gasteiger partial charge in [-0.05, 0) is 31.9 Å². The van der Waals surface area contributed by atoms with Crippen LogP contribution in [0.2, 0.25) is 0 Å². The summed E-state index contributed by atoms with van der Waals surface area (Å²) in [5, 5.41) is 12.6. The maximum Gasteiger partial charge on any atom is 0.236 e. The Morgan fingerprint density at radius 2 is 2.17 bits per heavy atom. The van der Waals surface area contributed by atoms with Gasteiger partial charge in [0.2, 0.25) is 5.91 Å². The van der Waals surface area contributed by atoms with Gasteiger partial charge in [-0.1, -0.05) is 37.9 Å². The minimum Gasteiger partial charge on any atom is -0.355 e. The molecule has 1 aliphatic rings. The van der Waals surface area contributed by atoms with Crippen molar-refractivity contribution in [1.82, 2.24) is 20.1 Å². The maximum absolute atomic E-state index is 11.8. The number of aromatic nitrogens is 3. The minimum absolute atomic E-state index is 0.0473. The van der Waals surface area contributed by atoms with Gasteiger partial charge >= 0.3 is 0 Å². The molecular weight excluding hydrogens is 310 g/mol. The Kier molecular flexibility index (Phi) is 7.36. The lowest BCUT2D eigenvalue weighted by Crippen LogP contribution is -2.40. The molecule has 0 saturated heterocycles. The van der Waals surface area contributed by atoms with Crippen molar-refractivity contribution in [3.63, 3.8) is 0 Å². The summed E-state index contributed by atoms with van der Waals surface area (Å²) in [4.78, 5) is 11.8. The lowest BCUT2D eigenvalue weighted by Gasteiger charge is -2.16. The molecular formula is C16H29N5OS. The highest BCUT2D eigenvalue weighted by Crippen LogP contribution is 2.33. The van der Waals surface area contributed by atoms with Crippen LogP contribution in [-0.4, -0.2) is 39.5 Å². The van der Waals surface area contributed by atoms with Crippen molar-refractivity contribution in [2.45, 2.75) is 75.5 Å². The van der Waals surface area contributed by atoms with E-state index < -0.39 is 0 Å². The van der Waals surface area contributed by atoms with Crippen LogP contribution in [0.1, 0.15) is 63.7 Å². The van der Waals surface area contributed by atoms with Crippen molar-refractivity contribution in [2.24, 2.45) is 5.73 Å². The van der Waals surface area contributed by atoms with E-state index in [4.69, 9.17) is 5.73 Å². The van der Waals surface area contributed by atoms with E-state index in [0.717, 1.165) is 36.7 Å². The lowest BCUT2D eigenvalue weighted by molar-refractivity contribution is -0.122. The van der Waals surface area contributed by atoms with Crippen molar-refractivity contribution < 1.29 is 4.79 Å². The third kappa shape index (κ3) is 4.94. The van der Waals surface area contributed by atoms with Gasteiger partial charge in [0.05, 0.1) is 6.04 Å². The fraction of sp³-hybridized carbons (Fsp3) is 0.812. The summed E-state index contributed by atoms with van der Waals surface area (Å²) in [6, 6.07) is 0.167. The first-order chi connectivity index (χ1) is 11.2. The molecule has 130 valence electrons. The second kappa shape index (κ2) is 9.27. The van der Waals surface area contributed by atoms with Crippen LogP contribution in [0.4, 0.5) is 0 Å². The van der Waals surface area contributed by atoms with Gasteiger partial charge in [-0.2, -0.15) is 0 Å². The van der Waals surface area contributed by atoms with E-state index in [1.807, 2.05) is 6.92 Å². The Labute approximate surface area is 143 Å². The molecule has 1 aliphatic carbocycles. The van der Waals surface area contributed by atoms with E-state index >= 15 is 0 Å². The number of carbonyl (C=O) groups is 1. The predicted octanol–water partition coefficient (Wildman–Crippen LogP) is 2.29. The summed E-state index contributed by atoms with van der Waals surface area (Å²) >= 11 is 1.66. The number of nitrogens with two attached hydrogens (primary N) is 1. The van der Waals surface area contributed by atoms with Gasteiger partial charge in [-0.25, -0.2) is 0 Å². The van der Waals surface area contributed by atoms with Crippen LogP contribution in [0.25, 0.3) is 0 Å². The van der Waals surface area contributed by atoms with Gasteiger partial charge in [-0.15, -0.1) is 10.2 Å². The van der Waals surface area contributed by atoms with Crippen LogP contribution in [0.3, 0.4) is 0 Å². The van der Waals surface area contributed by atoms with Crippen molar-refractivity contribution >= 4 is 17.7 Å². The molecule has 2 rings (SSSR count). The molecule has 1 unspecified atom stereocenters. The van der Waals surface area contributed by atoms with Gasteiger partial charge < -0.3 is 15.6 Å². The van der Waals surface area contributed by atoms with E-state index in [0.29, 0.717) is 12.6 Å². The summed E-state index contributed by atoms with van der Waals surface area (Å²) in [5.41, 5.74) is 5.81. The largest absolute Gasteiger partial charge is 0.355 e. The Balaban J connectivity index is 1.84. The van der Waals surface area contributed by atoms with E-state index in [9.17, 15) is 4.79 Å². The van der Waals surface area contributed by atoms with Crippen LogP contribution in [0.15, 0.2) is 5.16 Å². The molecule has 1 fully saturated rings. The molecule has 1 aromatic rings. The first kappa shape index (κ1) is 18.3. The molecule has 1 aromatic heterocycles. The molecule has 1 saturated carbocycles. The zero-order valence-corrected chi connectivity index (χ0v) is 15.1. The molecule has 0 aliphatic heterocycles. The average molecular weight is 340 g/mol. The van der Waals surface area contributed by atoms with Gasteiger partial charge in [0.25, 0.3) is 0 Å². The Morgan fingerprint density at radius 1 is 1.43 bits per heavy atom. The van der Waals surface area contributed by atoms with Crippen molar-refractivity contribution in [2.75, 3.05) is 12.8 Å². The molecule has 3 N–H and O–H groups in total. The number of aryl methyl sites for hydroxylation is 1. The highest BCUT2D eigenvalue weighted by molar-refractivity contribution is 7.98. The quantitative estimate of drug-likeness (QED) is 0.532. The predicted molar refractivity (Wildman–Crippen MR) is 93.5 cm³/mol. The van der Waals surface area contributed by atoms with E-state index in [2.05, 4.69) is 26.3 Å². The number of hydrogen-bond acceptors (Lipinski definition) is 5. The standard InChI is InChI=1S/C16H29N5OS/c1-3-7-13(17)15(22)18-11-6-10-14-19-20-16(23-2)21(14)12-8-4-5-9-12/h12-13H,3-11,17H2,1-2H3,(H,18,22). The molecule has 1 heterocycles. The average Bonchev–Trinajstić information content (AvgIpc) is 3.20. The van der Waals surface area contributed by atoms with Crippen LogP contribution in [0, 0.1) is 0 Å². The number of thioether (sulfide) groups is 1. The zero-order chi connectivity index (χ0) is 16.7. The third-order valence-electron chi connectivity index (χ3n) is 4.42. The van der Waals surface area contributed by atoms with Crippen molar-refractivity contribution in [1.29, 1.82) is 0 Å². The first-order valence-electron chi connectivity index (χ1n) is 8.68. The number of rotatable bonds is 9. The SMILES string of the molecule is CCCC(N)C(=O)NCCCc1nnc(SC)n1C1CCCC1. The Hall–Kier alpha value is -1.08. The van der Waals surface area contributed by atoms with E-state index in [-0.39, 0.29) is 11.9 Å². The lowest BCUT2D eigenvalue weighted by atomic mass is 10.1. The van der Waals surface area contributed by atoms with Crippen molar-refractivity contribution in [3.05, 3.63) is 5.82 Å². The highest BCUT2D eigenvalue weighted by atomic mass is 32.2.